The van der Waals surface area contributed by atoms with Crippen LogP contribution in [-0.4, -0.2) is 10.5 Å². The van der Waals surface area contributed by atoms with Crippen molar-refractivity contribution in [1.82, 2.24) is 9.88 Å². The molecule has 0 aliphatic carbocycles. The van der Waals surface area contributed by atoms with Crippen molar-refractivity contribution in [1.29, 1.82) is 0 Å². The average Bonchev–Trinajstić information content (AvgIpc) is 2.99. The van der Waals surface area contributed by atoms with E-state index in [0.29, 0.717) is 12.1 Å². The van der Waals surface area contributed by atoms with E-state index in [9.17, 15) is 4.79 Å². The number of rotatable bonds is 5. The van der Waals surface area contributed by atoms with E-state index in [0.717, 1.165) is 17.5 Å². The van der Waals surface area contributed by atoms with Gasteiger partial charge < -0.3 is 9.88 Å². The third kappa shape index (κ3) is 3.76. The number of aromatic nitrogens is 1. The molecule has 0 unspecified atom stereocenters. The molecule has 0 saturated carbocycles. The second kappa shape index (κ2) is 8.19. The Labute approximate surface area is 178 Å². The van der Waals surface area contributed by atoms with Crippen LogP contribution >= 0.6 is 0 Å². The lowest BCUT2D eigenvalue weighted by Crippen LogP contribution is -2.23. The lowest BCUT2D eigenvalue weighted by molar-refractivity contribution is 0.0951. The quantitative estimate of drug-likeness (QED) is 0.451. The normalized spacial score (nSPS) is 11.1. The Morgan fingerprint density at radius 2 is 1.47 bits per heavy atom. The van der Waals surface area contributed by atoms with Gasteiger partial charge in [-0.25, -0.2) is 0 Å². The molecular formula is C27H28N2O. The van der Waals surface area contributed by atoms with Gasteiger partial charge in [-0.05, 0) is 73.7 Å². The summed E-state index contributed by atoms with van der Waals surface area (Å²) in [6.07, 6.45) is 0. The third-order valence-corrected chi connectivity index (χ3v) is 6.19. The van der Waals surface area contributed by atoms with E-state index in [4.69, 9.17) is 0 Å². The maximum Gasteiger partial charge on any atom is 0.251 e. The Morgan fingerprint density at radius 3 is 2.13 bits per heavy atom. The number of carbonyl (C=O) groups excluding carboxylic acids is 1. The maximum atomic E-state index is 12.8. The molecule has 0 aliphatic rings. The van der Waals surface area contributed by atoms with Crippen molar-refractivity contribution >= 4 is 16.8 Å². The van der Waals surface area contributed by atoms with Gasteiger partial charge in [0, 0.05) is 35.2 Å². The minimum atomic E-state index is -0.0381. The van der Waals surface area contributed by atoms with Crippen LogP contribution in [0.25, 0.3) is 10.9 Å². The molecule has 4 aromatic rings. The van der Waals surface area contributed by atoms with Crippen LogP contribution in [-0.2, 0) is 13.1 Å². The standard InChI is InChI=1S/C27H28N2O/c1-18-9-5-7-11-23(18)16-28-27(30)22-13-14-26-25(15-22)20(3)21(4)29(26)17-24-12-8-6-10-19(24)2/h5-15H,16-17H2,1-4H3,(H,28,30). The topological polar surface area (TPSA) is 34.0 Å². The molecule has 0 aliphatic heterocycles. The highest BCUT2D eigenvalue weighted by Crippen LogP contribution is 2.28. The van der Waals surface area contributed by atoms with Gasteiger partial charge in [-0.3, -0.25) is 4.79 Å². The first kappa shape index (κ1) is 20.0. The van der Waals surface area contributed by atoms with Crippen molar-refractivity contribution in [2.75, 3.05) is 0 Å². The number of nitrogens with one attached hydrogen (secondary N) is 1. The summed E-state index contributed by atoms with van der Waals surface area (Å²) in [5.41, 5.74) is 9.28. The second-order valence-corrected chi connectivity index (χ2v) is 8.06. The zero-order valence-corrected chi connectivity index (χ0v) is 18.1. The number of benzene rings is 3. The first-order valence-electron chi connectivity index (χ1n) is 10.4. The summed E-state index contributed by atoms with van der Waals surface area (Å²) < 4.78 is 2.35. The van der Waals surface area contributed by atoms with E-state index >= 15 is 0 Å². The zero-order valence-electron chi connectivity index (χ0n) is 18.1. The molecule has 3 aromatic carbocycles. The Balaban J connectivity index is 1.61. The van der Waals surface area contributed by atoms with Crippen LogP contribution in [0.2, 0.25) is 0 Å². The third-order valence-electron chi connectivity index (χ3n) is 6.19. The van der Waals surface area contributed by atoms with Gasteiger partial charge in [0.25, 0.3) is 5.91 Å². The van der Waals surface area contributed by atoms with Gasteiger partial charge in [0.2, 0.25) is 0 Å². The fraction of sp³-hybridized carbons (Fsp3) is 0.222. The van der Waals surface area contributed by atoms with Crippen LogP contribution in [0.15, 0.2) is 66.7 Å². The average molecular weight is 397 g/mol. The highest BCUT2D eigenvalue weighted by atomic mass is 16.1. The zero-order chi connectivity index (χ0) is 21.3. The lowest BCUT2D eigenvalue weighted by Gasteiger charge is -2.11. The summed E-state index contributed by atoms with van der Waals surface area (Å²) in [7, 11) is 0. The number of carbonyl (C=O) groups is 1. The predicted octanol–water partition coefficient (Wildman–Crippen LogP) is 5.85. The highest BCUT2D eigenvalue weighted by Gasteiger charge is 2.15. The number of amides is 1. The molecule has 0 fully saturated rings. The van der Waals surface area contributed by atoms with E-state index in [2.05, 4.69) is 80.0 Å². The number of nitrogens with zero attached hydrogens (tertiary/aromatic N) is 1. The SMILES string of the molecule is Cc1ccccc1CNC(=O)c1ccc2c(c1)c(C)c(C)n2Cc1ccccc1C. The van der Waals surface area contributed by atoms with E-state index in [1.807, 2.05) is 24.3 Å². The van der Waals surface area contributed by atoms with Crippen LogP contribution in [0.5, 0.6) is 0 Å². The minimum absolute atomic E-state index is 0.0381. The molecule has 3 nitrogen and oxygen atoms in total. The molecule has 1 amide bonds. The number of hydrogen-bond acceptors (Lipinski definition) is 1. The summed E-state index contributed by atoms with van der Waals surface area (Å²) in [6, 6.07) is 22.7. The Hall–Kier alpha value is -3.33. The van der Waals surface area contributed by atoms with E-state index in [1.165, 1.54) is 33.5 Å². The molecule has 3 heteroatoms. The van der Waals surface area contributed by atoms with E-state index < -0.39 is 0 Å². The molecule has 1 heterocycles. The summed E-state index contributed by atoms with van der Waals surface area (Å²) in [4.78, 5) is 12.8. The first-order valence-corrected chi connectivity index (χ1v) is 10.4. The van der Waals surface area contributed by atoms with Crippen molar-refractivity contribution in [2.24, 2.45) is 0 Å². The monoisotopic (exact) mass is 396 g/mol. The maximum absolute atomic E-state index is 12.8. The van der Waals surface area contributed by atoms with Crippen molar-refractivity contribution in [2.45, 2.75) is 40.8 Å². The number of aryl methyl sites for hydroxylation is 3. The molecule has 0 saturated heterocycles. The summed E-state index contributed by atoms with van der Waals surface area (Å²) in [6.45, 7) is 9.89. The van der Waals surface area contributed by atoms with Crippen molar-refractivity contribution in [3.63, 3.8) is 0 Å². The first-order chi connectivity index (χ1) is 14.5. The Morgan fingerprint density at radius 1 is 0.833 bits per heavy atom. The highest BCUT2D eigenvalue weighted by molar-refractivity contribution is 5.99. The minimum Gasteiger partial charge on any atom is -0.348 e. The summed E-state index contributed by atoms with van der Waals surface area (Å²) in [5.74, 6) is -0.0381. The van der Waals surface area contributed by atoms with Gasteiger partial charge in [0.15, 0.2) is 0 Å². The Bertz CT molecular complexity index is 1230. The summed E-state index contributed by atoms with van der Waals surface area (Å²) in [5, 5.41) is 4.21. The summed E-state index contributed by atoms with van der Waals surface area (Å²) >= 11 is 0. The van der Waals surface area contributed by atoms with Crippen molar-refractivity contribution in [3.05, 3.63) is 106 Å². The molecule has 0 radical (unpaired) electrons. The molecule has 1 N–H and O–H groups in total. The number of hydrogen-bond donors (Lipinski definition) is 1. The van der Waals surface area contributed by atoms with Crippen molar-refractivity contribution < 1.29 is 4.79 Å². The number of fused-ring (bicyclic) bond motifs is 1. The van der Waals surface area contributed by atoms with Crippen LogP contribution in [0.1, 0.15) is 43.9 Å². The molecule has 0 spiro atoms. The van der Waals surface area contributed by atoms with Gasteiger partial charge in [0.05, 0.1) is 0 Å². The van der Waals surface area contributed by atoms with E-state index in [-0.39, 0.29) is 5.91 Å². The smallest absolute Gasteiger partial charge is 0.251 e. The van der Waals surface area contributed by atoms with Gasteiger partial charge in [0.1, 0.15) is 0 Å². The fourth-order valence-electron chi connectivity index (χ4n) is 4.04. The van der Waals surface area contributed by atoms with Gasteiger partial charge in [-0.1, -0.05) is 48.5 Å². The molecule has 4 rings (SSSR count). The molecule has 0 atom stereocenters. The molecule has 1 aromatic heterocycles. The molecule has 30 heavy (non-hydrogen) atoms. The molecular weight excluding hydrogens is 368 g/mol. The van der Waals surface area contributed by atoms with Crippen LogP contribution in [0.3, 0.4) is 0 Å². The molecule has 0 bridgehead atoms. The van der Waals surface area contributed by atoms with Crippen LogP contribution in [0, 0.1) is 27.7 Å². The lowest BCUT2D eigenvalue weighted by atomic mass is 10.1. The van der Waals surface area contributed by atoms with Gasteiger partial charge in [-0.15, -0.1) is 0 Å². The van der Waals surface area contributed by atoms with Gasteiger partial charge in [-0.2, -0.15) is 0 Å². The predicted molar refractivity (Wildman–Crippen MR) is 124 cm³/mol. The van der Waals surface area contributed by atoms with Crippen molar-refractivity contribution in [3.8, 4) is 0 Å². The second-order valence-electron chi connectivity index (χ2n) is 8.06. The largest absolute Gasteiger partial charge is 0.348 e. The fourth-order valence-corrected chi connectivity index (χ4v) is 4.04. The van der Waals surface area contributed by atoms with E-state index in [1.54, 1.807) is 0 Å². The Kier molecular flexibility index (Phi) is 5.45. The molecule has 152 valence electrons. The van der Waals surface area contributed by atoms with Crippen LogP contribution in [0.4, 0.5) is 0 Å². The van der Waals surface area contributed by atoms with Crippen LogP contribution < -0.4 is 5.32 Å². The van der Waals surface area contributed by atoms with Gasteiger partial charge >= 0.3 is 0 Å².